The maximum absolute atomic E-state index is 12.0. The van der Waals surface area contributed by atoms with Crippen LogP contribution in [0.3, 0.4) is 0 Å². The van der Waals surface area contributed by atoms with E-state index in [1.165, 1.54) is 11.3 Å². The zero-order valence-electron chi connectivity index (χ0n) is 13.9. The number of hydrogen-bond donors (Lipinski definition) is 1. The SMILES string of the molecule is COC(COc1ccc(CCNC(=O)c2cc(Br)cs2)cc1Br)OC. The van der Waals surface area contributed by atoms with Gasteiger partial charge in [0.25, 0.3) is 5.91 Å². The Labute approximate surface area is 167 Å². The number of thiophene rings is 1. The molecule has 0 spiro atoms. The van der Waals surface area contributed by atoms with Crippen LogP contribution in [0.4, 0.5) is 0 Å². The molecule has 8 heteroatoms. The maximum Gasteiger partial charge on any atom is 0.261 e. The van der Waals surface area contributed by atoms with Gasteiger partial charge in [-0.1, -0.05) is 6.07 Å². The molecule has 0 saturated carbocycles. The van der Waals surface area contributed by atoms with Gasteiger partial charge in [-0.3, -0.25) is 4.79 Å². The Kier molecular flexibility index (Phi) is 8.38. The summed E-state index contributed by atoms with van der Waals surface area (Å²) < 4.78 is 17.6. The van der Waals surface area contributed by atoms with Gasteiger partial charge in [0.2, 0.25) is 0 Å². The van der Waals surface area contributed by atoms with Gasteiger partial charge in [-0.25, -0.2) is 0 Å². The fourth-order valence-electron chi connectivity index (χ4n) is 2.05. The molecule has 5 nitrogen and oxygen atoms in total. The first kappa shape index (κ1) is 20.4. The van der Waals surface area contributed by atoms with E-state index in [0.29, 0.717) is 18.0 Å². The van der Waals surface area contributed by atoms with E-state index < -0.39 is 6.29 Å². The fourth-order valence-corrected chi connectivity index (χ4v) is 3.93. The predicted octanol–water partition coefficient (Wildman–Crippen LogP) is 4.24. The number of halogens is 2. The van der Waals surface area contributed by atoms with Crippen molar-refractivity contribution in [2.75, 3.05) is 27.4 Å². The van der Waals surface area contributed by atoms with E-state index in [9.17, 15) is 4.79 Å². The van der Waals surface area contributed by atoms with E-state index in [1.807, 2.05) is 29.6 Å². The molecule has 25 heavy (non-hydrogen) atoms. The van der Waals surface area contributed by atoms with Crippen LogP contribution in [0.25, 0.3) is 0 Å². The molecular formula is C17H19Br2NO4S. The Morgan fingerprint density at radius 2 is 2.00 bits per heavy atom. The van der Waals surface area contributed by atoms with Gasteiger partial charge in [0.05, 0.1) is 9.35 Å². The van der Waals surface area contributed by atoms with Crippen LogP contribution in [0.2, 0.25) is 0 Å². The molecule has 0 unspecified atom stereocenters. The minimum absolute atomic E-state index is 0.0557. The van der Waals surface area contributed by atoms with Gasteiger partial charge in [-0.05, 0) is 62.0 Å². The molecule has 0 atom stereocenters. The zero-order chi connectivity index (χ0) is 18.2. The number of nitrogens with one attached hydrogen (secondary N) is 1. The summed E-state index contributed by atoms with van der Waals surface area (Å²) in [7, 11) is 3.14. The van der Waals surface area contributed by atoms with Gasteiger partial charge in [-0.15, -0.1) is 11.3 Å². The minimum atomic E-state index is -0.404. The van der Waals surface area contributed by atoms with E-state index >= 15 is 0 Å². The second-order valence-electron chi connectivity index (χ2n) is 5.11. The molecule has 0 aliphatic carbocycles. The van der Waals surface area contributed by atoms with Crippen LogP contribution in [-0.4, -0.2) is 39.6 Å². The normalized spacial score (nSPS) is 10.9. The smallest absolute Gasteiger partial charge is 0.261 e. The maximum atomic E-state index is 12.0. The summed E-state index contributed by atoms with van der Waals surface area (Å²) in [6.45, 7) is 0.869. The number of hydrogen-bond acceptors (Lipinski definition) is 5. The largest absolute Gasteiger partial charge is 0.487 e. The summed E-state index contributed by atoms with van der Waals surface area (Å²) in [5.41, 5.74) is 1.10. The van der Waals surface area contributed by atoms with Crippen LogP contribution in [0.15, 0.2) is 38.6 Å². The molecule has 0 bridgehead atoms. The first-order chi connectivity index (χ1) is 12.0. The molecule has 0 fully saturated rings. The predicted molar refractivity (Wildman–Crippen MR) is 105 cm³/mol. The molecule has 0 radical (unpaired) electrons. The lowest BCUT2D eigenvalue weighted by atomic mass is 10.1. The van der Waals surface area contributed by atoms with E-state index in [4.69, 9.17) is 14.2 Å². The molecular weight excluding hydrogens is 474 g/mol. The Hall–Kier alpha value is -0.930. The van der Waals surface area contributed by atoms with Crippen molar-refractivity contribution in [3.8, 4) is 5.75 Å². The topological polar surface area (TPSA) is 56.8 Å². The summed E-state index contributed by atoms with van der Waals surface area (Å²) >= 11 is 8.27. The van der Waals surface area contributed by atoms with Crippen molar-refractivity contribution in [1.29, 1.82) is 0 Å². The van der Waals surface area contributed by atoms with Gasteiger partial charge in [0, 0.05) is 30.6 Å². The fraction of sp³-hybridized carbons (Fsp3) is 0.353. The van der Waals surface area contributed by atoms with Gasteiger partial charge in [0.15, 0.2) is 6.29 Å². The van der Waals surface area contributed by atoms with Gasteiger partial charge in [-0.2, -0.15) is 0 Å². The number of methoxy groups -OCH3 is 2. The zero-order valence-corrected chi connectivity index (χ0v) is 17.9. The Morgan fingerprint density at radius 3 is 2.60 bits per heavy atom. The van der Waals surface area contributed by atoms with Gasteiger partial charge in [0.1, 0.15) is 12.4 Å². The first-order valence-corrected chi connectivity index (χ1v) is 9.99. The minimum Gasteiger partial charge on any atom is -0.487 e. The lowest BCUT2D eigenvalue weighted by Gasteiger charge is -2.15. The summed E-state index contributed by atoms with van der Waals surface area (Å²) in [5, 5.41) is 4.81. The number of ether oxygens (including phenoxy) is 3. The molecule has 1 aromatic carbocycles. The molecule has 0 saturated heterocycles. The monoisotopic (exact) mass is 491 g/mol. The van der Waals surface area contributed by atoms with Crippen LogP contribution in [-0.2, 0) is 15.9 Å². The molecule has 1 aromatic heterocycles. The number of benzene rings is 1. The Balaban J connectivity index is 1.82. The van der Waals surface area contributed by atoms with Crippen LogP contribution in [0, 0.1) is 0 Å². The molecule has 0 aliphatic heterocycles. The standard InChI is InChI=1S/C17H19Br2NO4S/c1-22-16(23-2)9-24-14-4-3-11(7-13(14)19)5-6-20-17(21)15-8-12(18)10-25-15/h3-4,7-8,10,16H,5-6,9H2,1-2H3,(H,20,21). The van der Waals surface area contributed by atoms with Crippen molar-refractivity contribution in [3.63, 3.8) is 0 Å². The third kappa shape index (κ3) is 6.38. The molecule has 2 aromatic rings. The van der Waals surface area contributed by atoms with Crippen molar-refractivity contribution in [2.24, 2.45) is 0 Å². The van der Waals surface area contributed by atoms with Gasteiger partial charge < -0.3 is 19.5 Å². The Bertz CT molecular complexity index is 704. The molecule has 0 aliphatic rings. The van der Waals surface area contributed by atoms with Crippen LogP contribution < -0.4 is 10.1 Å². The van der Waals surface area contributed by atoms with E-state index in [1.54, 1.807) is 14.2 Å². The number of carbonyl (C=O) groups excluding carboxylic acids is 1. The quantitative estimate of drug-likeness (QED) is 0.532. The van der Waals surface area contributed by atoms with Crippen molar-refractivity contribution < 1.29 is 19.0 Å². The van der Waals surface area contributed by atoms with E-state index in [0.717, 1.165) is 26.7 Å². The van der Waals surface area contributed by atoms with E-state index in [-0.39, 0.29) is 5.91 Å². The highest BCUT2D eigenvalue weighted by molar-refractivity contribution is 9.10. The lowest BCUT2D eigenvalue weighted by molar-refractivity contribution is -0.122. The summed E-state index contributed by atoms with van der Waals surface area (Å²) in [6, 6.07) is 7.66. The first-order valence-electron chi connectivity index (χ1n) is 7.52. The molecule has 136 valence electrons. The molecule has 1 N–H and O–H groups in total. The summed E-state index contributed by atoms with van der Waals surface area (Å²) in [6.07, 6.45) is 0.328. The highest BCUT2D eigenvalue weighted by Crippen LogP contribution is 2.26. The second kappa shape index (κ2) is 10.3. The average molecular weight is 493 g/mol. The summed E-state index contributed by atoms with van der Waals surface area (Å²) in [4.78, 5) is 12.7. The van der Waals surface area contributed by atoms with Gasteiger partial charge >= 0.3 is 0 Å². The Morgan fingerprint density at radius 1 is 1.24 bits per heavy atom. The second-order valence-corrected chi connectivity index (χ2v) is 7.79. The molecule has 2 rings (SSSR count). The van der Waals surface area contributed by atoms with E-state index in [2.05, 4.69) is 37.2 Å². The number of amides is 1. The molecule has 1 amide bonds. The van der Waals surface area contributed by atoms with Crippen molar-refractivity contribution in [3.05, 3.63) is 49.0 Å². The van der Waals surface area contributed by atoms with Crippen LogP contribution in [0.1, 0.15) is 15.2 Å². The van der Waals surface area contributed by atoms with Crippen molar-refractivity contribution >= 4 is 49.1 Å². The molecule has 1 heterocycles. The number of rotatable bonds is 9. The van der Waals surface area contributed by atoms with Crippen molar-refractivity contribution in [1.82, 2.24) is 5.32 Å². The van der Waals surface area contributed by atoms with Crippen LogP contribution >= 0.6 is 43.2 Å². The third-order valence-corrected chi connectivity index (χ3v) is 5.70. The summed E-state index contributed by atoms with van der Waals surface area (Å²) in [5.74, 6) is 0.662. The lowest BCUT2D eigenvalue weighted by Crippen LogP contribution is -2.24. The average Bonchev–Trinajstić information content (AvgIpc) is 3.04. The highest BCUT2D eigenvalue weighted by Gasteiger charge is 2.10. The van der Waals surface area contributed by atoms with Crippen LogP contribution in [0.5, 0.6) is 5.75 Å². The number of carbonyl (C=O) groups is 1. The highest BCUT2D eigenvalue weighted by atomic mass is 79.9. The van der Waals surface area contributed by atoms with Crippen molar-refractivity contribution in [2.45, 2.75) is 12.7 Å². The third-order valence-electron chi connectivity index (χ3n) is 3.39.